The lowest BCUT2D eigenvalue weighted by Gasteiger charge is -2.32. The van der Waals surface area contributed by atoms with E-state index >= 15 is 0 Å². The lowest BCUT2D eigenvalue weighted by atomic mass is 9.79. The van der Waals surface area contributed by atoms with Crippen molar-refractivity contribution in [3.63, 3.8) is 0 Å². The van der Waals surface area contributed by atoms with E-state index in [0.717, 1.165) is 5.46 Å². The van der Waals surface area contributed by atoms with E-state index < -0.39 is 24.4 Å². The summed E-state index contributed by atoms with van der Waals surface area (Å²) in [4.78, 5) is 23.5. The van der Waals surface area contributed by atoms with Gasteiger partial charge < -0.3 is 19.9 Å². The fourth-order valence-electron chi connectivity index (χ4n) is 2.36. The van der Waals surface area contributed by atoms with Crippen molar-refractivity contribution in [3.05, 3.63) is 24.3 Å². The maximum Gasteiger partial charge on any atom is 0.494 e. The van der Waals surface area contributed by atoms with Crippen LogP contribution in [0, 0.1) is 0 Å². The molecule has 0 saturated carbocycles. The Bertz CT molecular complexity index is 627. The predicted octanol–water partition coefficient (Wildman–Crippen LogP) is 1.84. The Balaban J connectivity index is 1.99. The van der Waals surface area contributed by atoms with E-state index in [0.29, 0.717) is 12.1 Å². The van der Waals surface area contributed by atoms with Crippen LogP contribution in [0.1, 0.15) is 48.0 Å². The van der Waals surface area contributed by atoms with Gasteiger partial charge in [-0.1, -0.05) is 19.1 Å². The van der Waals surface area contributed by atoms with Gasteiger partial charge in [-0.25, -0.2) is 0 Å². The lowest BCUT2D eigenvalue weighted by Crippen LogP contribution is -2.41. The third-order valence-electron chi connectivity index (χ3n) is 4.80. The molecule has 2 N–H and O–H groups in total. The average Bonchev–Trinajstić information content (AvgIpc) is 2.75. The summed E-state index contributed by atoms with van der Waals surface area (Å²) >= 11 is 0. The molecule has 1 aromatic rings. The lowest BCUT2D eigenvalue weighted by molar-refractivity contribution is -0.125. The van der Waals surface area contributed by atoms with E-state index in [4.69, 9.17) is 9.31 Å². The first-order valence-electron chi connectivity index (χ1n) is 8.61. The Kier molecular flexibility index (Phi) is 5.59. The molecule has 25 heavy (non-hydrogen) atoms. The zero-order valence-corrected chi connectivity index (χ0v) is 15.8. The second kappa shape index (κ2) is 7.18. The molecule has 1 aromatic carbocycles. The molecule has 0 bridgehead atoms. The van der Waals surface area contributed by atoms with Gasteiger partial charge in [0, 0.05) is 12.1 Å². The number of carbonyl (C=O) groups is 2. The highest BCUT2D eigenvalue weighted by Gasteiger charge is 2.51. The number of hydrogen-bond acceptors (Lipinski definition) is 4. The van der Waals surface area contributed by atoms with Crippen molar-refractivity contribution in [2.75, 3.05) is 5.32 Å². The van der Waals surface area contributed by atoms with E-state index in [1.807, 2.05) is 39.8 Å². The van der Waals surface area contributed by atoms with Crippen LogP contribution in [0.15, 0.2) is 24.3 Å². The molecule has 1 atom stereocenters. The average molecular weight is 346 g/mol. The summed E-state index contributed by atoms with van der Waals surface area (Å²) in [5.41, 5.74) is 0.765. The number of hydrogen-bond donors (Lipinski definition) is 2. The van der Waals surface area contributed by atoms with Crippen LogP contribution in [0.4, 0.5) is 5.69 Å². The summed E-state index contributed by atoms with van der Waals surface area (Å²) in [6, 6.07) is 6.74. The van der Waals surface area contributed by atoms with E-state index in [9.17, 15) is 9.59 Å². The predicted molar refractivity (Wildman–Crippen MR) is 98.7 cm³/mol. The standard InChI is InChI=1S/C18H27BN2O4/c1-7-15(22)20-12(2)16(23)21-14-10-8-13(9-11-14)19-24-17(3,4)18(5,6)25-19/h8-12H,7H2,1-6H3,(H,20,22)(H,21,23). The van der Waals surface area contributed by atoms with E-state index in [2.05, 4.69) is 10.6 Å². The van der Waals surface area contributed by atoms with Crippen LogP contribution in [0.25, 0.3) is 0 Å². The SMILES string of the molecule is CCC(=O)NC(C)C(=O)Nc1ccc(B2OC(C)(C)C(C)(C)O2)cc1. The van der Waals surface area contributed by atoms with Crippen LogP contribution in [0.5, 0.6) is 0 Å². The van der Waals surface area contributed by atoms with Crippen molar-refractivity contribution in [3.8, 4) is 0 Å². The van der Waals surface area contributed by atoms with Crippen molar-refractivity contribution in [2.45, 2.75) is 65.2 Å². The highest BCUT2D eigenvalue weighted by atomic mass is 16.7. The second-order valence-electron chi connectivity index (χ2n) is 7.34. The van der Waals surface area contributed by atoms with Gasteiger partial charge in [0.1, 0.15) is 6.04 Å². The third-order valence-corrected chi connectivity index (χ3v) is 4.80. The molecule has 1 fully saturated rings. The molecule has 2 amide bonds. The molecule has 136 valence electrons. The minimum absolute atomic E-state index is 0.154. The fraction of sp³-hybridized carbons (Fsp3) is 0.556. The zero-order chi connectivity index (χ0) is 18.8. The number of carbonyl (C=O) groups excluding carboxylic acids is 2. The van der Waals surface area contributed by atoms with Gasteiger partial charge in [0.25, 0.3) is 0 Å². The van der Waals surface area contributed by atoms with Gasteiger partial charge in [-0.15, -0.1) is 0 Å². The van der Waals surface area contributed by atoms with Crippen LogP contribution in [-0.4, -0.2) is 36.2 Å². The van der Waals surface area contributed by atoms with Crippen molar-refractivity contribution in [1.82, 2.24) is 5.32 Å². The normalized spacial score (nSPS) is 19.4. The van der Waals surface area contributed by atoms with Gasteiger partial charge in [0.15, 0.2) is 0 Å². The first-order chi connectivity index (χ1) is 11.6. The molecule has 1 saturated heterocycles. The van der Waals surface area contributed by atoms with Gasteiger partial charge in [-0.3, -0.25) is 9.59 Å². The van der Waals surface area contributed by atoms with E-state index in [1.54, 1.807) is 26.0 Å². The molecule has 7 heteroatoms. The van der Waals surface area contributed by atoms with Gasteiger partial charge in [0.05, 0.1) is 11.2 Å². The maximum atomic E-state index is 12.1. The van der Waals surface area contributed by atoms with Crippen LogP contribution >= 0.6 is 0 Å². The zero-order valence-electron chi connectivity index (χ0n) is 15.8. The van der Waals surface area contributed by atoms with Crippen LogP contribution in [0.2, 0.25) is 0 Å². The summed E-state index contributed by atoms with van der Waals surface area (Å²) in [6.45, 7) is 11.4. The molecule has 1 aliphatic rings. The highest BCUT2D eigenvalue weighted by molar-refractivity contribution is 6.62. The minimum atomic E-state index is -0.588. The number of benzene rings is 1. The molecule has 6 nitrogen and oxygen atoms in total. The van der Waals surface area contributed by atoms with Crippen molar-refractivity contribution < 1.29 is 18.9 Å². The van der Waals surface area contributed by atoms with Crippen LogP contribution in [-0.2, 0) is 18.9 Å². The number of amides is 2. The summed E-state index contributed by atoms with van der Waals surface area (Å²) in [6.07, 6.45) is 0.348. The van der Waals surface area contributed by atoms with E-state index in [1.165, 1.54) is 0 Å². The van der Waals surface area contributed by atoms with E-state index in [-0.39, 0.29) is 11.8 Å². The fourth-order valence-corrected chi connectivity index (χ4v) is 2.36. The van der Waals surface area contributed by atoms with Crippen LogP contribution in [0.3, 0.4) is 0 Å². The number of nitrogens with one attached hydrogen (secondary N) is 2. The number of rotatable bonds is 5. The number of anilines is 1. The second-order valence-corrected chi connectivity index (χ2v) is 7.34. The molecule has 0 spiro atoms. The molecule has 1 unspecified atom stereocenters. The Labute approximate surface area is 149 Å². The monoisotopic (exact) mass is 346 g/mol. The van der Waals surface area contributed by atoms with Gasteiger partial charge >= 0.3 is 7.12 Å². The Hall–Kier alpha value is -1.86. The van der Waals surface area contributed by atoms with Crippen molar-refractivity contribution in [1.29, 1.82) is 0 Å². The highest BCUT2D eigenvalue weighted by Crippen LogP contribution is 2.36. The summed E-state index contributed by atoms with van der Waals surface area (Å²) < 4.78 is 12.0. The Morgan fingerprint density at radius 1 is 1.08 bits per heavy atom. The molecular formula is C18H27BN2O4. The topological polar surface area (TPSA) is 76.7 Å². The Morgan fingerprint density at radius 3 is 2.08 bits per heavy atom. The summed E-state index contributed by atoms with van der Waals surface area (Å²) in [5, 5.41) is 5.42. The van der Waals surface area contributed by atoms with Crippen LogP contribution < -0.4 is 16.1 Å². The maximum absolute atomic E-state index is 12.1. The van der Waals surface area contributed by atoms with Gasteiger partial charge in [-0.05, 0) is 52.2 Å². The molecule has 0 radical (unpaired) electrons. The minimum Gasteiger partial charge on any atom is -0.399 e. The van der Waals surface area contributed by atoms with Crippen molar-refractivity contribution in [2.24, 2.45) is 0 Å². The van der Waals surface area contributed by atoms with Crippen molar-refractivity contribution >= 4 is 30.1 Å². The first kappa shape index (κ1) is 19.5. The summed E-state index contributed by atoms with van der Waals surface area (Å²) in [5.74, 6) is -0.413. The molecule has 2 rings (SSSR count). The van der Waals surface area contributed by atoms with Gasteiger partial charge in [-0.2, -0.15) is 0 Å². The first-order valence-corrected chi connectivity index (χ1v) is 8.61. The molecule has 0 aromatic heterocycles. The summed E-state index contributed by atoms with van der Waals surface area (Å²) in [7, 11) is -0.433. The quantitative estimate of drug-likeness (QED) is 0.798. The largest absolute Gasteiger partial charge is 0.494 e. The Morgan fingerprint density at radius 2 is 1.60 bits per heavy atom. The molecule has 1 heterocycles. The molecular weight excluding hydrogens is 319 g/mol. The molecule has 0 aliphatic carbocycles. The smallest absolute Gasteiger partial charge is 0.399 e. The van der Waals surface area contributed by atoms with Gasteiger partial charge in [0.2, 0.25) is 11.8 Å². The molecule has 1 aliphatic heterocycles. The third kappa shape index (κ3) is 4.41.